The summed E-state index contributed by atoms with van der Waals surface area (Å²) in [6.07, 6.45) is 2.10. The van der Waals surface area contributed by atoms with Gasteiger partial charge in [-0.25, -0.2) is 0 Å². The summed E-state index contributed by atoms with van der Waals surface area (Å²) >= 11 is 0. The van der Waals surface area contributed by atoms with Gasteiger partial charge in [-0.05, 0) is 43.0 Å². The Morgan fingerprint density at radius 1 is 1.42 bits per heavy atom. The van der Waals surface area contributed by atoms with Gasteiger partial charge in [0.15, 0.2) is 0 Å². The second-order valence-corrected chi connectivity index (χ2v) is 5.67. The minimum atomic E-state index is -0.187. The molecule has 0 spiro atoms. The van der Waals surface area contributed by atoms with Gasteiger partial charge in [0.1, 0.15) is 0 Å². The summed E-state index contributed by atoms with van der Waals surface area (Å²) in [7, 11) is 0. The van der Waals surface area contributed by atoms with E-state index in [0.29, 0.717) is 6.54 Å². The molecular formula is C15H20N2O2. The predicted octanol–water partition coefficient (Wildman–Crippen LogP) is 1.59. The molecule has 0 radical (unpaired) electrons. The topological polar surface area (TPSA) is 50.4 Å². The molecule has 3 rings (SSSR count). The van der Waals surface area contributed by atoms with Gasteiger partial charge in [-0.15, -0.1) is 0 Å². The largest absolute Gasteiger partial charge is 0.373 e. The summed E-state index contributed by atoms with van der Waals surface area (Å²) in [5.74, 6) is -0.00794. The van der Waals surface area contributed by atoms with Gasteiger partial charge >= 0.3 is 0 Å². The highest BCUT2D eigenvalue weighted by Crippen LogP contribution is 2.24. The molecule has 0 bridgehead atoms. The highest BCUT2D eigenvalue weighted by atomic mass is 16.5. The van der Waals surface area contributed by atoms with E-state index in [1.54, 1.807) is 0 Å². The van der Waals surface area contributed by atoms with Crippen LogP contribution in [-0.4, -0.2) is 24.7 Å². The summed E-state index contributed by atoms with van der Waals surface area (Å²) in [4.78, 5) is 12.2. The molecule has 2 aliphatic rings. The molecule has 1 saturated heterocycles. The Morgan fingerprint density at radius 2 is 2.26 bits per heavy atom. The fraction of sp³-hybridized carbons (Fsp3) is 0.533. The molecule has 0 saturated carbocycles. The van der Waals surface area contributed by atoms with Crippen LogP contribution in [0.3, 0.4) is 0 Å². The standard InChI is InChI=1S/C15H20N2O2/c1-15(5-2-6-19-15)10-17-14(18)11-3-4-12-8-16-9-13(12)7-11/h3-4,7,16H,2,5-6,8-10H2,1H3,(H,17,18). The Morgan fingerprint density at radius 3 is 3.05 bits per heavy atom. The monoisotopic (exact) mass is 260 g/mol. The molecule has 1 aromatic carbocycles. The number of carbonyl (C=O) groups excluding carboxylic acids is 1. The van der Waals surface area contributed by atoms with Crippen LogP contribution in [0.25, 0.3) is 0 Å². The van der Waals surface area contributed by atoms with E-state index in [1.807, 2.05) is 18.2 Å². The molecule has 102 valence electrons. The van der Waals surface area contributed by atoms with Gasteiger partial charge in [0.2, 0.25) is 0 Å². The first-order valence-corrected chi connectivity index (χ1v) is 6.91. The van der Waals surface area contributed by atoms with E-state index in [4.69, 9.17) is 4.74 Å². The average molecular weight is 260 g/mol. The minimum Gasteiger partial charge on any atom is -0.373 e. The van der Waals surface area contributed by atoms with Gasteiger partial charge in [-0.1, -0.05) is 6.07 Å². The normalized spacial score (nSPS) is 25.3. The zero-order valence-corrected chi connectivity index (χ0v) is 11.3. The maximum Gasteiger partial charge on any atom is 0.251 e. The number of amides is 1. The molecule has 1 fully saturated rings. The van der Waals surface area contributed by atoms with Crippen molar-refractivity contribution in [2.24, 2.45) is 0 Å². The van der Waals surface area contributed by atoms with E-state index in [9.17, 15) is 4.79 Å². The maximum atomic E-state index is 12.2. The lowest BCUT2D eigenvalue weighted by atomic mass is 10.0. The molecule has 0 aromatic heterocycles. The van der Waals surface area contributed by atoms with Gasteiger partial charge in [-0.3, -0.25) is 4.79 Å². The lowest BCUT2D eigenvalue weighted by Crippen LogP contribution is -2.40. The SMILES string of the molecule is CC1(CNC(=O)c2ccc3c(c2)CNC3)CCCO1. The summed E-state index contributed by atoms with van der Waals surface area (Å²) in [6, 6.07) is 5.93. The Kier molecular flexibility index (Phi) is 3.29. The van der Waals surface area contributed by atoms with Crippen LogP contribution in [0.2, 0.25) is 0 Å². The Bertz CT molecular complexity index is 493. The molecule has 4 heteroatoms. The number of benzene rings is 1. The zero-order valence-electron chi connectivity index (χ0n) is 11.3. The number of nitrogens with one attached hydrogen (secondary N) is 2. The predicted molar refractivity (Wildman–Crippen MR) is 72.9 cm³/mol. The van der Waals surface area contributed by atoms with Gasteiger partial charge in [0.05, 0.1) is 5.60 Å². The van der Waals surface area contributed by atoms with Crippen molar-refractivity contribution in [3.63, 3.8) is 0 Å². The van der Waals surface area contributed by atoms with Crippen molar-refractivity contribution < 1.29 is 9.53 Å². The van der Waals surface area contributed by atoms with Crippen LogP contribution in [-0.2, 0) is 17.8 Å². The minimum absolute atomic E-state index is 0.00794. The quantitative estimate of drug-likeness (QED) is 0.867. The van der Waals surface area contributed by atoms with E-state index >= 15 is 0 Å². The molecule has 4 nitrogen and oxygen atoms in total. The number of ether oxygens (including phenoxy) is 1. The lowest BCUT2D eigenvalue weighted by molar-refractivity contribution is 0.0206. The number of fused-ring (bicyclic) bond motifs is 1. The summed E-state index contributed by atoms with van der Waals surface area (Å²) in [5, 5.41) is 6.27. The van der Waals surface area contributed by atoms with E-state index in [1.165, 1.54) is 11.1 Å². The van der Waals surface area contributed by atoms with Crippen LogP contribution >= 0.6 is 0 Å². The second kappa shape index (κ2) is 4.94. The van der Waals surface area contributed by atoms with Gasteiger partial charge < -0.3 is 15.4 Å². The average Bonchev–Trinajstić information content (AvgIpc) is 3.04. The van der Waals surface area contributed by atoms with Gasteiger partial charge in [0, 0.05) is 31.8 Å². The highest BCUT2D eigenvalue weighted by Gasteiger charge is 2.30. The van der Waals surface area contributed by atoms with Crippen LogP contribution in [0.1, 0.15) is 41.3 Å². The van der Waals surface area contributed by atoms with Crippen molar-refractivity contribution in [2.45, 2.75) is 38.5 Å². The zero-order chi connectivity index (χ0) is 13.3. The van der Waals surface area contributed by atoms with Crippen molar-refractivity contribution >= 4 is 5.91 Å². The van der Waals surface area contributed by atoms with Crippen molar-refractivity contribution in [1.82, 2.24) is 10.6 Å². The van der Waals surface area contributed by atoms with Crippen LogP contribution in [0.5, 0.6) is 0 Å². The third kappa shape index (κ3) is 2.65. The van der Waals surface area contributed by atoms with Crippen molar-refractivity contribution in [1.29, 1.82) is 0 Å². The third-order valence-corrected chi connectivity index (χ3v) is 4.02. The molecule has 0 aliphatic carbocycles. The molecular weight excluding hydrogens is 240 g/mol. The molecule has 2 N–H and O–H groups in total. The summed E-state index contributed by atoms with van der Waals surface area (Å²) in [6.45, 7) is 5.21. The molecule has 1 unspecified atom stereocenters. The second-order valence-electron chi connectivity index (χ2n) is 5.67. The van der Waals surface area contributed by atoms with E-state index in [0.717, 1.165) is 38.1 Å². The number of hydrogen-bond acceptors (Lipinski definition) is 3. The molecule has 2 heterocycles. The fourth-order valence-electron chi connectivity index (χ4n) is 2.78. The van der Waals surface area contributed by atoms with Crippen LogP contribution in [0.4, 0.5) is 0 Å². The molecule has 2 aliphatic heterocycles. The summed E-state index contributed by atoms with van der Waals surface area (Å²) < 4.78 is 5.68. The van der Waals surface area contributed by atoms with E-state index in [-0.39, 0.29) is 11.5 Å². The number of hydrogen-bond donors (Lipinski definition) is 2. The van der Waals surface area contributed by atoms with Crippen molar-refractivity contribution in [2.75, 3.05) is 13.2 Å². The number of rotatable bonds is 3. The van der Waals surface area contributed by atoms with Gasteiger partial charge in [0.25, 0.3) is 5.91 Å². The fourth-order valence-corrected chi connectivity index (χ4v) is 2.78. The third-order valence-electron chi connectivity index (χ3n) is 4.02. The first-order valence-electron chi connectivity index (χ1n) is 6.91. The lowest BCUT2D eigenvalue weighted by Gasteiger charge is -2.23. The first kappa shape index (κ1) is 12.6. The van der Waals surface area contributed by atoms with E-state index < -0.39 is 0 Å². The molecule has 1 amide bonds. The van der Waals surface area contributed by atoms with Crippen LogP contribution in [0, 0.1) is 0 Å². The Balaban J connectivity index is 1.64. The molecule has 1 atom stereocenters. The van der Waals surface area contributed by atoms with Crippen LogP contribution in [0.15, 0.2) is 18.2 Å². The van der Waals surface area contributed by atoms with E-state index in [2.05, 4.69) is 17.6 Å². The van der Waals surface area contributed by atoms with Crippen molar-refractivity contribution in [3.8, 4) is 0 Å². The first-order chi connectivity index (χ1) is 9.16. The molecule has 19 heavy (non-hydrogen) atoms. The molecule has 1 aromatic rings. The Labute approximate surface area is 113 Å². The van der Waals surface area contributed by atoms with Crippen molar-refractivity contribution in [3.05, 3.63) is 34.9 Å². The van der Waals surface area contributed by atoms with Gasteiger partial charge in [-0.2, -0.15) is 0 Å². The smallest absolute Gasteiger partial charge is 0.251 e. The number of carbonyl (C=O) groups is 1. The van der Waals surface area contributed by atoms with Crippen LogP contribution < -0.4 is 10.6 Å². The summed E-state index contributed by atoms with van der Waals surface area (Å²) in [5.41, 5.74) is 3.08. The highest BCUT2D eigenvalue weighted by molar-refractivity contribution is 5.94. The Hall–Kier alpha value is -1.39. The maximum absolute atomic E-state index is 12.2.